The number of hydrogen-bond acceptors (Lipinski definition) is 4. The highest BCUT2D eigenvalue weighted by Crippen LogP contribution is 2.47. The zero-order valence-electron chi connectivity index (χ0n) is 34.3. The lowest BCUT2D eigenvalue weighted by Gasteiger charge is -2.43. The molecule has 0 radical (unpaired) electrons. The Bertz CT molecular complexity index is 2160. The summed E-state index contributed by atoms with van der Waals surface area (Å²) in [5.41, 5.74) is 14.3. The molecule has 0 spiro atoms. The zero-order valence-corrected chi connectivity index (χ0v) is 34.3. The molecule has 0 unspecified atom stereocenters. The Labute approximate surface area is 313 Å². The van der Waals surface area contributed by atoms with Gasteiger partial charge in [0.2, 0.25) is 11.8 Å². The van der Waals surface area contributed by atoms with Gasteiger partial charge in [-0.2, -0.15) is 0 Å². The smallest absolute Gasteiger partial charge is 0.279 e. The highest BCUT2D eigenvalue weighted by molar-refractivity contribution is 6.99. The van der Waals surface area contributed by atoms with Crippen molar-refractivity contribution in [3.05, 3.63) is 107 Å². The first-order valence-corrected chi connectivity index (χ1v) is 19.1. The Hall–Kier alpha value is -4.25. The van der Waals surface area contributed by atoms with E-state index in [2.05, 4.69) is 193 Å². The van der Waals surface area contributed by atoms with Crippen LogP contribution in [0.1, 0.15) is 132 Å². The molecule has 7 rings (SSSR count). The number of fused-ring (bicyclic) bond motifs is 4. The first-order chi connectivity index (χ1) is 23.9. The van der Waals surface area contributed by atoms with E-state index in [0.717, 1.165) is 34.4 Å². The SMILES string of the molecule is CC(C)(C)c1ccc(N2c3ccc(C(C)(C)C)cc3B3c4nc(C(C)(C)C)oc4N(c4ccc(C(C)(C)C)cc4)c4cc(C(C)(C)C)cc2c43)cc1. The van der Waals surface area contributed by atoms with Gasteiger partial charge in [-0.25, -0.2) is 4.98 Å². The highest BCUT2D eigenvalue weighted by Gasteiger charge is 2.48. The molecule has 0 saturated carbocycles. The van der Waals surface area contributed by atoms with Gasteiger partial charge in [0.05, 0.1) is 5.59 Å². The van der Waals surface area contributed by atoms with Crippen LogP contribution in [0.15, 0.2) is 83.3 Å². The molecule has 270 valence electrons. The summed E-state index contributed by atoms with van der Waals surface area (Å²) >= 11 is 0. The minimum atomic E-state index is -0.268. The number of anilines is 6. The van der Waals surface area contributed by atoms with Crippen LogP contribution >= 0.6 is 0 Å². The molecule has 0 aliphatic carbocycles. The molecule has 52 heavy (non-hydrogen) atoms. The molecule has 0 atom stereocenters. The van der Waals surface area contributed by atoms with Crippen LogP contribution in [0.3, 0.4) is 0 Å². The van der Waals surface area contributed by atoms with Gasteiger partial charge in [0, 0.05) is 33.9 Å². The van der Waals surface area contributed by atoms with Gasteiger partial charge in [0.15, 0.2) is 0 Å². The Kier molecular flexibility index (Phi) is 8.08. The standard InChI is InChI=1S/C47H58BN3O/c1-43(2,3)29-16-21-33(22-17-29)50-36-25-20-31(45(7,8)9)26-35(36)48-39-37(50)27-32(46(10,11)12)28-38(39)51(34-23-18-30(19-24-34)44(4,5)6)41-40(48)49-42(52-41)47(13,14)15/h16-28H,1-15H3. The number of hydrogen-bond donors (Lipinski definition) is 0. The van der Waals surface area contributed by atoms with Crippen LogP contribution in [0, 0.1) is 0 Å². The minimum Gasteiger partial charge on any atom is -0.424 e. The minimum absolute atomic E-state index is 0.0217. The topological polar surface area (TPSA) is 32.5 Å². The first-order valence-electron chi connectivity index (χ1n) is 19.1. The fourth-order valence-electron chi connectivity index (χ4n) is 7.60. The molecule has 0 bridgehead atoms. The summed E-state index contributed by atoms with van der Waals surface area (Å²) in [5, 5.41) is 0. The molecule has 0 N–H and O–H groups in total. The van der Waals surface area contributed by atoms with E-state index in [1.807, 2.05) is 0 Å². The lowest BCUT2D eigenvalue weighted by molar-refractivity contribution is 0.397. The number of benzene rings is 4. The zero-order chi connectivity index (χ0) is 37.9. The van der Waals surface area contributed by atoms with E-state index in [4.69, 9.17) is 9.40 Å². The van der Waals surface area contributed by atoms with E-state index in [1.54, 1.807) is 0 Å². The molecule has 1 aromatic heterocycles. The van der Waals surface area contributed by atoms with Crippen molar-refractivity contribution in [2.45, 2.75) is 131 Å². The number of aromatic nitrogens is 1. The van der Waals surface area contributed by atoms with Crippen LogP contribution in [0.4, 0.5) is 34.3 Å². The number of nitrogens with zero attached hydrogens (tertiary/aromatic N) is 3. The van der Waals surface area contributed by atoms with E-state index in [9.17, 15) is 0 Å². The Morgan fingerprint density at radius 3 is 1.37 bits per heavy atom. The van der Waals surface area contributed by atoms with Gasteiger partial charge in [-0.1, -0.05) is 140 Å². The molecule has 0 saturated heterocycles. The summed E-state index contributed by atoms with van der Waals surface area (Å²) in [4.78, 5) is 10.3. The second-order valence-corrected chi connectivity index (χ2v) is 20.4. The molecular weight excluding hydrogens is 633 g/mol. The van der Waals surface area contributed by atoms with Crippen molar-refractivity contribution in [3.8, 4) is 0 Å². The maximum Gasteiger partial charge on any atom is 0.279 e. The van der Waals surface area contributed by atoms with E-state index in [1.165, 1.54) is 44.6 Å². The summed E-state index contributed by atoms with van der Waals surface area (Å²) in [6, 6.07) is 30.3. The van der Waals surface area contributed by atoms with Gasteiger partial charge in [0.1, 0.15) is 0 Å². The summed E-state index contributed by atoms with van der Waals surface area (Å²) < 4.78 is 6.98. The van der Waals surface area contributed by atoms with Gasteiger partial charge >= 0.3 is 0 Å². The molecule has 4 aromatic carbocycles. The maximum absolute atomic E-state index is 6.98. The third-order valence-electron chi connectivity index (χ3n) is 11.0. The van der Waals surface area contributed by atoms with Crippen molar-refractivity contribution in [3.63, 3.8) is 0 Å². The van der Waals surface area contributed by atoms with Crippen LogP contribution in [-0.2, 0) is 27.1 Å². The molecular formula is C47H58BN3O. The molecule has 5 aromatic rings. The Morgan fingerprint density at radius 1 is 0.462 bits per heavy atom. The van der Waals surface area contributed by atoms with Crippen molar-refractivity contribution in [1.29, 1.82) is 0 Å². The average Bonchev–Trinajstić information content (AvgIpc) is 3.48. The van der Waals surface area contributed by atoms with Crippen molar-refractivity contribution >= 4 is 57.6 Å². The molecule has 4 nitrogen and oxygen atoms in total. The summed E-state index contributed by atoms with van der Waals surface area (Å²) in [6.45, 7) is 34.0. The quantitative estimate of drug-likeness (QED) is 0.169. The molecule has 0 fully saturated rings. The highest BCUT2D eigenvalue weighted by atomic mass is 16.4. The van der Waals surface area contributed by atoms with Crippen LogP contribution in [-0.4, -0.2) is 11.7 Å². The maximum atomic E-state index is 6.98. The Balaban J connectivity index is 1.60. The monoisotopic (exact) mass is 691 g/mol. The molecule has 2 aliphatic heterocycles. The largest absolute Gasteiger partial charge is 0.424 e. The van der Waals surface area contributed by atoms with E-state index in [-0.39, 0.29) is 33.8 Å². The van der Waals surface area contributed by atoms with Gasteiger partial charge < -0.3 is 9.32 Å². The van der Waals surface area contributed by atoms with Gasteiger partial charge in [-0.3, -0.25) is 4.90 Å². The fourth-order valence-corrected chi connectivity index (χ4v) is 7.60. The lowest BCUT2D eigenvalue weighted by atomic mass is 9.35. The van der Waals surface area contributed by atoms with Gasteiger partial charge in [0.25, 0.3) is 6.71 Å². The van der Waals surface area contributed by atoms with Crippen molar-refractivity contribution in [2.75, 3.05) is 9.80 Å². The first kappa shape index (κ1) is 36.1. The van der Waals surface area contributed by atoms with Crippen LogP contribution in [0.25, 0.3) is 0 Å². The van der Waals surface area contributed by atoms with E-state index in [0.29, 0.717) is 0 Å². The predicted molar refractivity (Wildman–Crippen MR) is 224 cm³/mol. The summed E-state index contributed by atoms with van der Waals surface area (Å²) in [7, 11) is 0. The van der Waals surface area contributed by atoms with Crippen LogP contribution in [0.2, 0.25) is 0 Å². The normalized spacial score (nSPS) is 14.7. The van der Waals surface area contributed by atoms with Gasteiger partial charge in [-0.15, -0.1) is 0 Å². The second-order valence-electron chi connectivity index (χ2n) is 20.4. The third kappa shape index (κ3) is 6.08. The molecule has 2 aliphatic rings. The molecule has 3 heterocycles. The molecule has 5 heteroatoms. The summed E-state index contributed by atoms with van der Waals surface area (Å²) in [6.07, 6.45) is 0. The van der Waals surface area contributed by atoms with E-state index < -0.39 is 0 Å². The van der Waals surface area contributed by atoms with Gasteiger partial charge in [-0.05, 0) is 97.3 Å². The van der Waals surface area contributed by atoms with E-state index >= 15 is 0 Å². The second kappa shape index (κ2) is 11.6. The number of oxazole rings is 1. The predicted octanol–water partition coefficient (Wildman–Crippen LogP) is 11.2. The van der Waals surface area contributed by atoms with Crippen molar-refractivity contribution < 1.29 is 4.42 Å². The van der Waals surface area contributed by atoms with Crippen molar-refractivity contribution in [2.24, 2.45) is 0 Å². The van der Waals surface area contributed by atoms with Crippen LogP contribution < -0.4 is 26.3 Å². The average molecular weight is 692 g/mol. The molecule has 0 amide bonds. The summed E-state index contributed by atoms with van der Waals surface area (Å²) in [5.74, 6) is 1.57. The van der Waals surface area contributed by atoms with Crippen LogP contribution in [0.5, 0.6) is 0 Å². The number of rotatable bonds is 2. The Morgan fingerprint density at radius 2 is 0.904 bits per heavy atom. The third-order valence-corrected chi connectivity index (χ3v) is 11.0. The lowest BCUT2D eigenvalue weighted by Crippen LogP contribution is -2.62. The van der Waals surface area contributed by atoms with Crippen molar-refractivity contribution in [1.82, 2.24) is 4.98 Å². The fraction of sp³-hybridized carbons (Fsp3) is 0.426.